The van der Waals surface area contributed by atoms with Crippen LogP contribution in [-0.2, 0) is 19.6 Å². The van der Waals surface area contributed by atoms with Gasteiger partial charge >= 0.3 is 0 Å². The number of halogens is 1. The van der Waals surface area contributed by atoms with Gasteiger partial charge in [0.25, 0.3) is 17.0 Å². The predicted molar refractivity (Wildman–Crippen MR) is 134 cm³/mol. The first-order valence-corrected chi connectivity index (χ1v) is 12.2. The minimum atomic E-state index is -0.384. The molecule has 8 heteroatoms. The molecule has 3 aromatic heterocycles. The van der Waals surface area contributed by atoms with Crippen molar-refractivity contribution in [2.45, 2.75) is 45.8 Å². The molecule has 3 fully saturated rings. The summed E-state index contributed by atoms with van der Waals surface area (Å²) in [5, 5.41) is 3.70. The third-order valence-electron chi connectivity index (χ3n) is 7.90. The number of aryl methyl sites for hydroxylation is 1. The van der Waals surface area contributed by atoms with Crippen molar-refractivity contribution in [1.82, 2.24) is 19.4 Å². The van der Waals surface area contributed by atoms with E-state index in [2.05, 4.69) is 10.3 Å². The molecular formula is C28H27FN4O3. The number of pyridine rings is 2. The van der Waals surface area contributed by atoms with E-state index in [-0.39, 0.29) is 40.2 Å². The van der Waals surface area contributed by atoms with Crippen LogP contribution in [-0.4, -0.2) is 20.0 Å². The Balaban J connectivity index is 1.11. The molecule has 2 bridgehead atoms. The molecule has 0 saturated heterocycles. The van der Waals surface area contributed by atoms with Crippen molar-refractivity contribution in [2.24, 2.45) is 10.8 Å². The van der Waals surface area contributed by atoms with E-state index < -0.39 is 0 Å². The number of nitrogens with one attached hydrogen (secondary N) is 2. The second-order valence-electron chi connectivity index (χ2n) is 10.7. The minimum absolute atomic E-state index is 0.00856. The van der Waals surface area contributed by atoms with Crippen LogP contribution in [0.1, 0.15) is 40.7 Å². The summed E-state index contributed by atoms with van der Waals surface area (Å²) in [7, 11) is 0. The average molecular weight is 487 g/mol. The SMILES string of the molecule is Cc1c[nH]c2cc(F)c(CNC(=O)c3ccc(=O)n(CC45CC(Cn6ccccc6=O)(C4)C5)c3)cc12. The second kappa shape index (κ2) is 8.05. The van der Waals surface area contributed by atoms with Crippen LogP contribution in [0.25, 0.3) is 10.9 Å². The summed E-state index contributed by atoms with van der Waals surface area (Å²) in [5.74, 6) is -0.739. The first-order chi connectivity index (χ1) is 17.2. The van der Waals surface area contributed by atoms with Crippen LogP contribution >= 0.6 is 0 Å². The molecule has 1 amide bonds. The van der Waals surface area contributed by atoms with Gasteiger partial charge in [0.2, 0.25) is 0 Å². The number of carbonyl (C=O) groups is 1. The van der Waals surface area contributed by atoms with E-state index in [9.17, 15) is 18.8 Å². The molecule has 0 aliphatic heterocycles. The zero-order valence-electron chi connectivity index (χ0n) is 20.0. The maximum atomic E-state index is 14.5. The Hall–Kier alpha value is -3.94. The fourth-order valence-electron chi connectivity index (χ4n) is 6.41. The molecule has 0 unspecified atom stereocenters. The van der Waals surface area contributed by atoms with Crippen LogP contribution in [0.4, 0.5) is 4.39 Å². The zero-order chi connectivity index (χ0) is 25.1. The summed E-state index contributed by atoms with van der Waals surface area (Å²) in [4.78, 5) is 40.4. The standard InChI is InChI=1S/C28H27FN4O3/c1-18-10-30-23-9-22(29)20(8-21(18)23)11-31-26(36)19-5-6-25(35)33(12-19)17-28-13-27(14-28,15-28)16-32-7-3-2-4-24(32)34/h2-10,12,30H,11,13-17H2,1H3,(H,31,36). The van der Waals surface area contributed by atoms with Gasteiger partial charge in [0.05, 0.1) is 5.56 Å². The highest BCUT2D eigenvalue weighted by Crippen LogP contribution is 2.74. The normalized spacial score (nSPS) is 22.2. The lowest BCUT2D eigenvalue weighted by Gasteiger charge is -2.71. The molecule has 0 radical (unpaired) electrons. The Kier molecular flexibility index (Phi) is 5.03. The summed E-state index contributed by atoms with van der Waals surface area (Å²) in [5.41, 5.74) is 2.54. The van der Waals surface area contributed by atoms with E-state index in [0.29, 0.717) is 24.2 Å². The van der Waals surface area contributed by atoms with Gasteiger partial charge in [-0.05, 0) is 66.8 Å². The van der Waals surface area contributed by atoms with Crippen molar-refractivity contribution in [3.8, 4) is 0 Å². The molecule has 4 aromatic rings. The number of nitrogens with zero attached hydrogens (tertiary/aromatic N) is 2. The largest absolute Gasteiger partial charge is 0.361 e. The molecule has 1 aromatic carbocycles. The Labute approximate surface area is 206 Å². The summed E-state index contributed by atoms with van der Waals surface area (Å²) in [6.07, 6.45) is 8.14. The van der Waals surface area contributed by atoms with Crippen molar-refractivity contribution in [3.63, 3.8) is 0 Å². The smallest absolute Gasteiger partial charge is 0.253 e. The lowest BCUT2D eigenvalue weighted by Crippen LogP contribution is -2.65. The number of H-pyrrole nitrogens is 1. The summed E-state index contributed by atoms with van der Waals surface area (Å²) < 4.78 is 17.9. The van der Waals surface area contributed by atoms with Crippen LogP contribution in [0.2, 0.25) is 0 Å². The number of carbonyl (C=O) groups excluding carboxylic acids is 1. The predicted octanol–water partition coefficient (Wildman–Crippen LogP) is 3.74. The van der Waals surface area contributed by atoms with Crippen molar-refractivity contribution in [2.75, 3.05) is 0 Å². The first kappa shape index (κ1) is 22.5. The van der Waals surface area contributed by atoms with Crippen LogP contribution in [0.15, 0.2) is 70.6 Å². The molecule has 0 atom stereocenters. The Bertz CT molecular complexity index is 1610. The molecule has 36 heavy (non-hydrogen) atoms. The molecular weight excluding hydrogens is 459 g/mol. The number of rotatable bonds is 7. The number of amides is 1. The van der Waals surface area contributed by atoms with E-state index in [1.165, 1.54) is 18.2 Å². The zero-order valence-corrected chi connectivity index (χ0v) is 20.0. The van der Waals surface area contributed by atoms with E-state index in [1.807, 2.05) is 25.4 Å². The number of fused-ring (bicyclic) bond motifs is 1. The van der Waals surface area contributed by atoms with E-state index in [0.717, 1.165) is 35.7 Å². The average Bonchev–Trinajstić information content (AvgIpc) is 3.16. The quantitative estimate of drug-likeness (QED) is 0.417. The summed E-state index contributed by atoms with van der Waals surface area (Å²) in [6, 6.07) is 11.3. The number of aromatic amines is 1. The van der Waals surface area contributed by atoms with Crippen molar-refractivity contribution in [1.29, 1.82) is 0 Å². The maximum absolute atomic E-state index is 14.5. The lowest BCUT2D eigenvalue weighted by molar-refractivity contribution is -0.220. The van der Waals surface area contributed by atoms with E-state index in [4.69, 9.17) is 0 Å². The van der Waals surface area contributed by atoms with E-state index >= 15 is 0 Å². The highest BCUT2D eigenvalue weighted by Gasteiger charge is 2.67. The topological polar surface area (TPSA) is 88.9 Å². The fraction of sp³-hybridized carbons (Fsp3) is 0.321. The summed E-state index contributed by atoms with van der Waals surface area (Å²) in [6.45, 7) is 3.25. The van der Waals surface area contributed by atoms with Gasteiger partial charge in [-0.3, -0.25) is 14.4 Å². The lowest BCUT2D eigenvalue weighted by atomic mass is 9.35. The van der Waals surface area contributed by atoms with Gasteiger partial charge in [-0.1, -0.05) is 6.07 Å². The number of hydrogen-bond acceptors (Lipinski definition) is 3. The number of benzene rings is 1. The maximum Gasteiger partial charge on any atom is 0.253 e. The number of hydrogen-bond donors (Lipinski definition) is 2. The van der Waals surface area contributed by atoms with Crippen LogP contribution in [0, 0.1) is 23.6 Å². The van der Waals surface area contributed by atoms with Crippen molar-refractivity contribution >= 4 is 16.8 Å². The first-order valence-electron chi connectivity index (χ1n) is 12.2. The molecule has 0 spiro atoms. The third kappa shape index (κ3) is 3.77. The highest BCUT2D eigenvalue weighted by atomic mass is 19.1. The molecule has 3 saturated carbocycles. The van der Waals surface area contributed by atoms with Crippen molar-refractivity contribution < 1.29 is 9.18 Å². The molecule has 3 heterocycles. The van der Waals surface area contributed by atoms with Gasteiger partial charge < -0.3 is 19.4 Å². The molecule has 3 aliphatic rings. The van der Waals surface area contributed by atoms with E-state index in [1.54, 1.807) is 33.5 Å². The number of aromatic nitrogens is 3. The van der Waals surface area contributed by atoms with Gasteiger partial charge in [0, 0.05) is 66.8 Å². The highest BCUT2D eigenvalue weighted by molar-refractivity contribution is 5.94. The molecule has 184 valence electrons. The van der Waals surface area contributed by atoms with Gasteiger partial charge in [-0.25, -0.2) is 4.39 Å². The van der Waals surface area contributed by atoms with Gasteiger partial charge in [0.15, 0.2) is 0 Å². The Morgan fingerprint density at radius 1 is 1.03 bits per heavy atom. The molecule has 7 nitrogen and oxygen atoms in total. The Morgan fingerprint density at radius 2 is 1.75 bits per heavy atom. The third-order valence-corrected chi connectivity index (χ3v) is 7.90. The van der Waals surface area contributed by atoms with Crippen molar-refractivity contribution in [3.05, 3.63) is 104 Å². The van der Waals surface area contributed by atoms with Crippen LogP contribution in [0.3, 0.4) is 0 Å². The van der Waals surface area contributed by atoms with Gasteiger partial charge in [-0.15, -0.1) is 0 Å². The molecule has 7 rings (SSSR count). The molecule has 2 N–H and O–H groups in total. The van der Waals surface area contributed by atoms with Crippen LogP contribution < -0.4 is 16.4 Å². The second-order valence-corrected chi connectivity index (χ2v) is 10.7. The fourth-order valence-corrected chi connectivity index (χ4v) is 6.41. The monoisotopic (exact) mass is 486 g/mol. The van der Waals surface area contributed by atoms with Crippen LogP contribution in [0.5, 0.6) is 0 Å². The van der Waals surface area contributed by atoms with Gasteiger partial charge in [0.1, 0.15) is 5.82 Å². The minimum Gasteiger partial charge on any atom is -0.361 e. The molecule has 3 aliphatic carbocycles. The van der Waals surface area contributed by atoms with Gasteiger partial charge in [-0.2, -0.15) is 0 Å². The Morgan fingerprint density at radius 3 is 2.50 bits per heavy atom. The summed E-state index contributed by atoms with van der Waals surface area (Å²) >= 11 is 0.